The molecule has 0 atom stereocenters. The third-order valence-corrected chi connectivity index (χ3v) is 6.62. The number of aryl methyl sites for hydroxylation is 1. The lowest BCUT2D eigenvalue weighted by atomic mass is 9.75. The monoisotopic (exact) mass is 431 g/mol. The molecule has 3 aromatic rings. The third kappa shape index (κ3) is 3.66. The minimum absolute atomic E-state index is 0.0975. The van der Waals surface area contributed by atoms with Gasteiger partial charge in [-0.15, -0.1) is 10.2 Å². The van der Waals surface area contributed by atoms with E-state index < -0.39 is 0 Å². The molecule has 2 aliphatic rings. The maximum atomic E-state index is 13.1. The predicted octanol–water partition coefficient (Wildman–Crippen LogP) is 4.72. The van der Waals surface area contributed by atoms with E-state index in [1.807, 2.05) is 31.2 Å². The number of aromatic amines is 1. The lowest BCUT2D eigenvalue weighted by molar-refractivity contribution is 0.0910. The number of rotatable bonds is 3. The molecule has 32 heavy (non-hydrogen) atoms. The number of carbonyl (C=O) groups is 2. The molecule has 166 valence electrons. The van der Waals surface area contributed by atoms with Crippen LogP contribution in [0.15, 0.2) is 24.3 Å². The second-order valence-electron chi connectivity index (χ2n) is 9.86. The molecule has 7 heteroatoms. The number of anilines is 1. The van der Waals surface area contributed by atoms with Crippen LogP contribution in [0.25, 0.3) is 11.4 Å². The highest BCUT2D eigenvalue weighted by atomic mass is 16.2. The number of hydrogen-bond donors (Lipinski definition) is 2. The normalized spacial score (nSPS) is 17.4. The molecule has 0 saturated heterocycles. The van der Waals surface area contributed by atoms with Crippen LogP contribution in [0.3, 0.4) is 0 Å². The first-order chi connectivity index (χ1) is 15.3. The van der Waals surface area contributed by atoms with Crippen molar-refractivity contribution in [3.63, 3.8) is 0 Å². The lowest BCUT2D eigenvalue weighted by Gasteiger charge is -2.28. The van der Waals surface area contributed by atoms with Crippen molar-refractivity contribution in [3.05, 3.63) is 52.6 Å². The zero-order chi connectivity index (χ0) is 22.5. The number of amides is 1. The van der Waals surface area contributed by atoms with E-state index >= 15 is 0 Å². The van der Waals surface area contributed by atoms with Crippen LogP contribution >= 0.6 is 0 Å². The van der Waals surface area contributed by atoms with Gasteiger partial charge >= 0.3 is 0 Å². The number of nitrogens with one attached hydrogen (secondary N) is 2. The van der Waals surface area contributed by atoms with Crippen LogP contribution in [0.4, 0.5) is 5.69 Å². The summed E-state index contributed by atoms with van der Waals surface area (Å²) in [6, 6.07) is 7.72. The van der Waals surface area contributed by atoms with Crippen molar-refractivity contribution in [1.29, 1.82) is 0 Å². The number of Topliss-reactive ketones (excluding diaryl/α,β-unsaturated/α-hetero) is 1. The summed E-state index contributed by atoms with van der Waals surface area (Å²) in [5.41, 5.74) is 4.28. The zero-order valence-electron chi connectivity index (χ0n) is 18.9. The molecular formula is C25H29N5O2. The zero-order valence-corrected chi connectivity index (χ0v) is 18.9. The van der Waals surface area contributed by atoms with E-state index in [-0.39, 0.29) is 17.1 Å². The van der Waals surface area contributed by atoms with Crippen LogP contribution in [-0.2, 0) is 19.4 Å². The number of benzene rings is 1. The number of fused-ring (bicyclic) bond motifs is 2. The minimum Gasteiger partial charge on any atom is -0.354 e. The Morgan fingerprint density at radius 3 is 2.84 bits per heavy atom. The fourth-order valence-corrected chi connectivity index (χ4v) is 5.09. The third-order valence-electron chi connectivity index (χ3n) is 6.62. The van der Waals surface area contributed by atoms with Crippen LogP contribution < -0.4 is 5.32 Å². The summed E-state index contributed by atoms with van der Waals surface area (Å²) >= 11 is 0. The van der Waals surface area contributed by atoms with E-state index in [9.17, 15) is 9.59 Å². The Morgan fingerprint density at radius 2 is 2.00 bits per heavy atom. The Labute approximate surface area is 187 Å². The van der Waals surface area contributed by atoms with Crippen molar-refractivity contribution in [1.82, 2.24) is 19.7 Å². The largest absolute Gasteiger partial charge is 0.354 e. The van der Waals surface area contributed by atoms with E-state index in [0.29, 0.717) is 23.4 Å². The Bertz CT molecular complexity index is 1220. The summed E-state index contributed by atoms with van der Waals surface area (Å²) in [7, 11) is 0. The number of aromatic nitrogens is 4. The fraction of sp³-hybridized carbons (Fsp3) is 0.440. The molecule has 0 bridgehead atoms. The second-order valence-corrected chi connectivity index (χ2v) is 9.86. The summed E-state index contributed by atoms with van der Waals surface area (Å²) in [4.78, 5) is 29.0. The van der Waals surface area contributed by atoms with Gasteiger partial charge in [-0.2, -0.15) is 0 Å². The van der Waals surface area contributed by atoms with Crippen molar-refractivity contribution in [2.24, 2.45) is 5.41 Å². The Balaban J connectivity index is 1.41. The lowest BCUT2D eigenvalue weighted by Crippen LogP contribution is -2.26. The van der Waals surface area contributed by atoms with Gasteiger partial charge in [-0.1, -0.05) is 32.4 Å². The van der Waals surface area contributed by atoms with E-state index in [4.69, 9.17) is 0 Å². The van der Waals surface area contributed by atoms with Crippen molar-refractivity contribution in [2.75, 3.05) is 5.32 Å². The van der Waals surface area contributed by atoms with Crippen LogP contribution in [0.1, 0.15) is 77.5 Å². The molecule has 7 nitrogen and oxygen atoms in total. The van der Waals surface area contributed by atoms with Crippen molar-refractivity contribution < 1.29 is 9.59 Å². The summed E-state index contributed by atoms with van der Waals surface area (Å²) in [6.07, 6.45) is 5.70. The second kappa shape index (κ2) is 7.73. The van der Waals surface area contributed by atoms with Crippen molar-refractivity contribution in [2.45, 2.75) is 65.8 Å². The smallest absolute Gasteiger partial charge is 0.272 e. The SMILES string of the molecule is Cc1c(C(=O)Nc2cccc(-c3nnc4n3CCCCC4)c2)[nH]c2c1C(=O)CC(C)(C)C2. The van der Waals surface area contributed by atoms with Gasteiger partial charge in [0, 0.05) is 41.9 Å². The van der Waals surface area contributed by atoms with Crippen LogP contribution in [0.5, 0.6) is 0 Å². The summed E-state index contributed by atoms with van der Waals surface area (Å²) in [5, 5.41) is 11.8. The highest BCUT2D eigenvalue weighted by Gasteiger charge is 2.35. The van der Waals surface area contributed by atoms with Gasteiger partial charge in [-0.25, -0.2) is 0 Å². The standard InChI is InChI=1S/C25H29N5O2/c1-15-21-18(13-25(2,3)14-19(21)31)27-22(15)24(32)26-17-9-7-8-16(12-17)23-29-28-20-10-5-4-6-11-30(20)23/h7-9,12,27H,4-6,10-11,13-14H2,1-3H3,(H,26,32). The molecule has 3 heterocycles. The molecule has 0 unspecified atom stereocenters. The van der Waals surface area contributed by atoms with Gasteiger partial charge in [0.25, 0.3) is 5.91 Å². The summed E-state index contributed by atoms with van der Waals surface area (Å²) < 4.78 is 2.20. The van der Waals surface area contributed by atoms with E-state index in [0.717, 1.165) is 60.7 Å². The fourth-order valence-electron chi connectivity index (χ4n) is 5.09. The number of hydrogen-bond acceptors (Lipinski definition) is 4. The van der Waals surface area contributed by atoms with Crippen LogP contribution in [-0.4, -0.2) is 31.4 Å². The van der Waals surface area contributed by atoms with E-state index in [2.05, 4.69) is 38.9 Å². The Kier molecular flexibility index (Phi) is 4.99. The van der Waals surface area contributed by atoms with Gasteiger partial charge in [-0.3, -0.25) is 9.59 Å². The number of nitrogens with zero attached hydrogens (tertiary/aromatic N) is 3. The molecule has 1 aromatic carbocycles. The number of ketones is 1. The highest BCUT2D eigenvalue weighted by Crippen LogP contribution is 2.37. The molecule has 1 aliphatic heterocycles. The van der Waals surface area contributed by atoms with Gasteiger partial charge in [0.05, 0.1) is 0 Å². The summed E-state index contributed by atoms with van der Waals surface area (Å²) in [6.45, 7) is 6.94. The quantitative estimate of drug-likeness (QED) is 0.628. The molecular weight excluding hydrogens is 402 g/mol. The van der Waals surface area contributed by atoms with Gasteiger partial charge in [0.1, 0.15) is 11.5 Å². The Hall–Kier alpha value is -3.22. The van der Waals surface area contributed by atoms with Gasteiger partial charge in [0.15, 0.2) is 11.6 Å². The minimum atomic E-state index is -0.236. The molecule has 2 N–H and O–H groups in total. The first-order valence-corrected chi connectivity index (χ1v) is 11.4. The molecule has 0 spiro atoms. The maximum absolute atomic E-state index is 13.1. The molecule has 0 radical (unpaired) electrons. The molecule has 5 rings (SSSR count). The van der Waals surface area contributed by atoms with E-state index in [1.54, 1.807) is 0 Å². The molecule has 0 fully saturated rings. The van der Waals surface area contributed by atoms with Crippen molar-refractivity contribution in [3.8, 4) is 11.4 Å². The van der Waals surface area contributed by atoms with Gasteiger partial charge < -0.3 is 14.9 Å². The number of H-pyrrole nitrogens is 1. The molecule has 1 aliphatic carbocycles. The number of carbonyl (C=O) groups excluding carboxylic acids is 2. The highest BCUT2D eigenvalue weighted by molar-refractivity contribution is 6.08. The summed E-state index contributed by atoms with van der Waals surface area (Å²) in [5.74, 6) is 1.75. The first-order valence-electron chi connectivity index (χ1n) is 11.4. The molecule has 1 amide bonds. The van der Waals surface area contributed by atoms with Crippen LogP contribution in [0, 0.1) is 12.3 Å². The van der Waals surface area contributed by atoms with E-state index in [1.165, 1.54) is 6.42 Å². The molecule has 2 aromatic heterocycles. The average Bonchev–Trinajstić information content (AvgIpc) is 3.19. The van der Waals surface area contributed by atoms with Crippen molar-refractivity contribution >= 4 is 17.4 Å². The topological polar surface area (TPSA) is 92.7 Å². The predicted molar refractivity (Wildman–Crippen MR) is 123 cm³/mol. The van der Waals surface area contributed by atoms with Gasteiger partial charge in [-0.05, 0) is 49.3 Å². The Morgan fingerprint density at radius 1 is 1.16 bits per heavy atom. The molecule has 0 saturated carbocycles. The van der Waals surface area contributed by atoms with Gasteiger partial charge in [0.2, 0.25) is 0 Å². The van der Waals surface area contributed by atoms with Crippen LogP contribution in [0.2, 0.25) is 0 Å². The average molecular weight is 432 g/mol. The maximum Gasteiger partial charge on any atom is 0.272 e. The first kappa shape index (κ1) is 20.7.